The number of halogens is 1. The topological polar surface area (TPSA) is 145 Å². The fraction of sp³-hybridized carbons (Fsp3) is 0.485. The third kappa shape index (κ3) is 9.35. The number of imide groups is 1. The van der Waals surface area contributed by atoms with E-state index in [2.05, 4.69) is 5.32 Å². The van der Waals surface area contributed by atoms with E-state index in [-0.39, 0.29) is 41.7 Å². The molecule has 0 fully saturated rings. The number of amides is 4. The van der Waals surface area contributed by atoms with Gasteiger partial charge in [-0.2, -0.15) is 0 Å². The van der Waals surface area contributed by atoms with E-state index in [4.69, 9.17) is 4.74 Å². The summed E-state index contributed by atoms with van der Waals surface area (Å²) in [5, 5.41) is 12.5. The van der Waals surface area contributed by atoms with Gasteiger partial charge in [0.2, 0.25) is 11.8 Å². The van der Waals surface area contributed by atoms with Crippen molar-refractivity contribution in [3.63, 3.8) is 0 Å². The summed E-state index contributed by atoms with van der Waals surface area (Å²) in [5.41, 5.74) is 1.68. The fourth-order valence-electron chi connectivity index (χ4n) is 5.19. The standard InChI is InChI=1S/C33H44N4O7.ClH/c1-20(2)18-25(26(30(40)35-43)19-37-31(41)23-10-8-9-11-24(23)32(37)42)29(39)34-28(33(3,4)5)27(38)21-12-14-22(15-13-21)44-17-16-36(6)7;/h8-15,20,25-26,28,43H,16-19H2,1-7H3,(H,34,39)(H,35,40);1H/t25-,26?,28-;/m1./s1. The molecule has 1 aliphatic rings. The fourth-order valence-corrected chi connectivity index (χ4v) is 5.19. The molecule has 0 radical (unpaired) electrons. The zero-order valence-electron chi connectivity index (χ0n) is 27.0. The van der Waals surface area contributed by atoms with Crippen LogP contribution >= 0.6 is 12.4 Å². The number of ketones is 1. The molecule has 0 saturated carbocycles. The maximum atomic E-state index is 14.0. The third-order valence-electron chi connectivity index (χ3n) is 7.61. The van der Waals surface area contributed by atoms with E-state index < -0.39 is 53.5 Å². The Labute approximate surface area is 271 Å². The average molecular weight is 645 g/mol. The number of hydrogen-bond acceptors (Lipinski definition) is 8. The van der Waals surface area contributed by atoms with Crippen LogP contribution in [-0.4, -0.2) is 84.3 Å². The van der Waals surface area contributed by atoms with E-state index in [1.54, 1.807) is 41.9 Å². The molecule has 0 aliphatic carbocycles. The second kappa shape index (κ2) is 16.0. The lowest BCUT2D eigenvalue weighted by Crippen LogP contribution is -2.54. The van der Waals surface area contributed by atoms with Crippen molar-refractivity contribution in [3.05, 3.63) is 65.2 Å². The molecule has 2 aromatic rings. The van der Waals surface area contributed by atoms with Crippen LogP contribution < -0.4 is 15.5 Å². The molecule has 3 rings (SSSR count). The number of nitrogens with one attached hydrogen (secondary N) is 2. The lowest BCUT2D eigenvalue weighted by atomic mass is 9.79. The minimum absolute atomic E-state index is 0. The van der Waals surface area contributed by atoms with Crippen LogP contribution in [0.5, 0.6) is 5.75 Å². The van der Waals surface area contributed by atoms with E-state index in [9.17, 15) is 29.2 Å². The third-order valence-corrected chi connectivity index (χ3v) is 7.61. The van der Waals surface area contributed by atoms with Crippen molar-refractivity contribution in [1.29, 1.82) is 0 Å². The van der Waals surface area contributed by atoms with E-state index in [0.29, 0.717) is 17.9 Å². The Hall–Kier alpha value is -3.80. The summed E-state index contributed by atoms with van der Waals surface area (Å²) >= 11 is 0. The molecule has 0 saturated heterocycles. The van der Waals surface area contributed by atoms with Crippen LogP contribution in [0.1, 0.15) is 72.1 Å². The number of fused-ring (bicyclic) bond motifs is 1. The number of rotatable bonds is 14. The number of Topliss-reactive ketones (excluding diaryl/α,β-unsaturated/α-hetero) is 1. The van der Waals surface area contributed by atoms with E-state index in [0.717, 1.165) is 11.4 Å². The molecule has 1 aliphatic heterocycles. The van der Waals surface area contributed by atoms with Crippen molar-refractivity contribution >= 4 is 41.8 Å². The van der Waals surface area contributed by atoms with Crippen molar-refractivity contribution in [2.45, 2.75) is 47.1 Å². The normalized spacial score (nSPS) is 14.8. The molecule has 45 heavy (non-hydrogen) atoms. The largest absolute Gasteiger partial charge is 0.492 e. The quantitative estimate of drug-likeness (QED) is 0.122. The Bertz CT molecular complexity index is 1340. The highest BCUT2D eigenvalue weighted by Crippen LogP contribution is 2.30. The lowest BCUT2D eigenvalue weighted by molar-refractivity contribution is -0.141. The molecule has 2 aromatic carbocycles. The summed E-state index contributed by atoms with van der Waals surface area (Å²) in [7, 11) is 3.89. The second-order valence-corrected chi connectivity index (χ2v) is 12.9. The van der Waals surface area contributed by atoms with Crippen LogP contribution in [-0.2, 0) is 9.59 Å². The molecule has 0 spiro atoms. The molecule has 12 heteroatoms. The van der Waals surface area contributed by atoms with Gasteiger partial charge in [0.25, 0.3) is 11.8 Å². The highest BCUT2D eigenvalue weighted by molar-refractivity contribution is 6.21. The zero-order valence-corrected chi connectivity index (χ0v) is 27.8. The molecule has 11 nitrogen and oxygen atoms in total. The molecule has 0 aromatic heterocycles. The molecular formula is C33H45ClN4O7. The summed E-state index contributed by atoms with van der Waals surface area (Å²) in [6.07, 6.45) is 0.192. The first kappa shape index (κ1) is 37.4. The number of nitrogens with zero attached hydrogens (tertiary/aromatic N) is 2. The van der Waals surface area contributed by atoms with E-state index in [1.165, 1.54) is 12.1 Å². The monoisotopic (exact) mass is 644 g/mol. The van der Waals surface area contributed by atoms with Crippen LogP contribution in [0.25, 0.3) is 0 Å². The van der Waals surface area contributed by atoms with Gasteiger partial charge in [0.15, 0.2) is 5.78 Å². The van der Waals surface area contributed by atoms with Gasteiger partial charge in [-0.25, -0.2) is 5.48 Å². The van der Waals surface area contributed by atoms with Crippen molar-refractivity contribution in [2.24, 2.45) is 23.2 Å². The van der Waals surface area contributed by atoms with Crippen molar-refractivity contribution < 1.29 is 33.9 Å². The smallest absolute Gasteiger partial charge is 0.261 e. The van der Waals surface area contributed by atoms with Gasteiger partial charge in [0, 0.05) is 18.7 Å². The number of hydroxylamine groups is 1. The molecule has 0 bridgehead atoms. The van der Waals surface area contributed by atoms with E-state index >= 15 is 0 Å². The molecule has 1 unspecified atom stereocenters. The molecular weight excluding hydrogens is 600 g/mol. The summed E-state index contributed by atoms with van der Waals surface area (Å²) < 4.78 is 5.73. The first-order valence-electron chi connectivity index (χ1n) is 14.8. The Kier molecular flexibility index (Phi) is 13.3. The van der Waals surface area contributed by atoms with Crippen molar-refractivity contribution in [3.8, 4) is 5.75 Å². The maximum absolute atomic E-state index is 14.0. The minimum Gasteiger partial charge on any atom is -0.492 e. The van der Waals surface area contributed by atoms with Gasteiger partial charge in [-0.15, -0.1) is 12.4 Å². The minimum atomic E-state index is -1.28. The van der Waals surface area contributed by atoms with Gasteiger partial charge in [0.05, 0.1) is 29.0 Å². The van der Waals surface area contributed by atoms with E-state index in [1.807, 2.05) is 53.6 Å². The summed E-state index contributed by atoms with van der Waals surface area (Å²) in [4.78, 5) is 69.9. The lowest BCUT2D eigenvalue weighted by Gasteiger charge is -2.34. The Morgan fingerprint density at radius 1 is 0.911 bits per heavy atom. The first-order chi connectivity index (χ1) is 20.6. The zero-order chi connectivity index (χ0) is 32.8. The molecule has 1 heterocycles. The number of carbonyl (C=O) groups excluding carboxylic acids is 5. The SMILES string of the molecule is CC(C)C[C@@H](C(=O)N[C@H](C(=O)c1ccc(OCCN(C)C)cc1)C(C)(C)C)C(CN1C(=O)c2ccccc2C1=O)C(=O)NO.Cl. The Morgan fingerprint density at radius 3 is 1.93 bits per heavy atom. The van der Waals surface area contributed by atoms with Crippen LogP contribution in [0.15, 0.2) is 48.5 Å². The highest BCUT2D eigenvalue weighted by atomic mass is 35.5. The van der Waals surface area contributed by atoms with Crippen molar-refractivity contribution in [1.82, 2.24) is 20.6 Å². The van der Waals surface area contributed by atoms with Crippen LogP contribution in [0.3, 0.4) is 0 Å². The molecule has 246 valence electrons. The van der Waals surface area contributed by atoms with Gasteiger partial charge in [-0.05, 0) is 68.2 Å². The number of carbonyl (C=O) groups is 5. The predicted molar refractivity (Wildman–Crippen MR) is 172 cm³/mol. The van der Waals surface area contributed by atoms with Gasteiger partial charge in [0.1, 0.15) is 12.4 Å². The van der Waals surface area contributed by atoms with Gasteiger partial charge < -0.3 is 15.0 Å². The summed E-state index contributed by atoms with van der Waals surface area (Å²) in [6, 6.07) is 12.1. The molecule has 3 atom stereocenters. The first-order valence-corrected chi connectivity index (χ1v) is 14.8. The van der Waals surface area contributed by atoms with Gasteiger partial charge in [-0.1, -0.05) is 46.8 Å². The number of likely N-dealkylation sites (N-methyl/N-ethyl adjacent to an activating group) is 1. The molecule has 3 N–H and O–H groups in total. The van der Waals surface area contributed by atoms with Crippen LogP contribution in [0.4, 0.5) is 0 Å². The van der Waals surface area contributed by atoms with Crippen LogP contribution in [0.2, 0.25) is 0 Å². The highest BCUT2D eigenvalue weighted by Gasteiger charge is 2.43. The van der Waals surface area contributed by atoms with Crippen molar-refractivity contribution in [2.75, 3.05) is 33.8 Å². The molecule has 4 amide bonds. The number of hydrogen-bond donors (Lipinski definition) is 3. The average Bonchev–Trinajstić information content (AvgIpc) is 3.20. The van der Waals surface area contributed by atoms with Gasteiger partial charge in [-0.3, -0.25) is 34.1 Å². The van der Waals surface area contributed by atoms with Gasteiger partial charge >= 0.3 is 0 Å². The van der Waals surface area contributed by atoms with Crippen LogP contribution in [0, 0.1) is 23.2 Å². The maximum Gasteiger partial charge on any atom is 0.261 e. The second-order valence-electron chi connectivity index (χ2n) is 12.9. The Morgan fingerprint density at radius 2 is 1.47 bits per heavy atom. The number of benzene rings is 2. The Balaban J connectivity index is 0.00000705. The summed E-state index contributed by atoms with van der Waals surface area (Å²) in [5.74, 6) is -4.81. The summed E-state index contributed by atoms with van der Waals surface area (Å²) in [6.45, 7) is 10.00. The number of ether oxygens (including phenoxy) is 1. The predicted octanol–water partition coefficient (Wildman–Crippen LogP) is 3.84.